The lowest BCUT2D eigenvalue weighted by Gasteiger charge is -2.32. The number of hydrogen-bond donors (Lipinski definition) is 5. The van der Waals surface area contributed by atoms with Crippen LogP contribution in [-0.2, 0) is 47.1 Å². The van der Waals surface area contributed by atoms with E-state index in [1.54, 1.807) is 18.2 Å². The Kier molecular flexibility index (Phi) is 14.8. The minimum atomic E-state index is -4.73. The average Bonchev–Trinajstić information content (AvgIpc) is 3.48. The lowest BCUT2D eigenvalue weighted by atomic mass is 10.0. The second-order valence-electron chi connectivity index (χ2n) is 13.7. The van der Waals surface area contributed by atoms with Crippen LogP contribution in [0.2, 0.25) is 0 Å². The van der Waals surface area contributed by atoms with Crippen molar-refractivity contribution in [2.24, 2.45) is 12.8 Å². The molecule has 296 valence electrons. The van der Waals surface area contributed by atoms with Crippen molar-refractivity contribution in [1.29, 1.82) is 0 Å². The molecule has 0 fully saturated rings. The number of nitrogens with one attached hydrogen (secondary N) is 4. The fourth-order valence-corrected chi connectivity index (χ4v) is 8.45. The van der Waals surface area contributed by atoms with Crippen LogP contribution in [0.15, 0.2) is 75.3 Å². The molecule has 0 saturated carbocycles. The Morgan fingerprint density at radius 2 is 1.75 bits per heavy atom. The first kappa shape index (κ1) is 42.2. The van der Waals surface area contributed by atoms with Gasteiger partial charge in [-0.15, -0.1) is 0 Å². The van der Waals surface area contributed by atoms with Crippen molar-refractivity contribution in [3.8, 4) is 0 Å². The second-order valence-corrected chi connectivity index (χ2v) is 15.6. The molecule has 3 amide bonds. The standard InChI is InChI=1S/C39H48BrF3N8O3S/c1-45-16-7-6-12-31-38(54)51(3)33(19-26-23-50(2)32-14-5-4-11-28(26)32)36(53)48-22-25-18-27(40)20-29(39(41,42)43)34(25)55-37-24(10-9-17-46-37)21-47-30(13-8-15-44)35(52)49-31/h4-5,9-11,14,17-18,20,23,30-31,33,45,47H,6-8,12-13,15-16,19,21-22,44H2,1-3H3,(H,48,53)(H,49,52)/t30-,31-,33-/m0/s1. The molecule has 0 radical (unpaired) electrons. The van der Waals surface area contributed by atoms with E-state index in [0.717, 1.165) is 47.3 Å². The van der Waals surface area contributed by atoms with E-state index in [2.05, 4.69) is 42.2 Å². The topological polar surface area (TPSA) is 146 Å². The summed E-state index contributed by atoms with van der Waals surface area (Å²) in [5, 5.41) is 13.4. The van der Waals surface area contributed by atoms with Crippen LogP contribution in [0, 0.1) is 0 Å². The number of likely N-dealkylation sites (N-methyl/N-ethyl adjacent to an activating group) is 1. The number of aromatic nitrogens is 2. The summed E-state index contributed by atoms with van der Waals surface area (Å²) in [5.41, 5.74) is 7.49. The fourth-order valence-electron chi connectivity index (χ4n) is 6.82. The van der Waals surface area contributed by atoms with Crippen LogP contribution < -0.4 is 27.0 Å². The predicted octanol–water partition coefficient (Wildman–Crippen LogP) is 5.28. The third kappa shape index (κ3) is 10.7. The van der Waals surface area contributed by atoms with Crippen molar-refractivity contribution in [1.82, 2.24) is 35.7 Å². The molecule has 3 heterocycles. The van der Waals surface area contributed by atoms with Crippen LogP contribution in [0.3, 0.4) is 0 Å². The third-order valence-corrected chi connectivity index (χ3v) is 11.5. The quantitative estimate of drug-likeness (QED) is 0.136. The number of rotatable bonds is 10. The molecular weight excluding hydrogens is 797 g/mol. The Hall–Kier alpha value is -3.96. The zero-order chi connectivity index (χ0) is 39.7. The molecule has 1 aliphatic rings. The summed E-state index contributed by atoms with van der Waals surface area (Å²) in [4.78, 5) is 48.7. The van der Waals surface area contributed by atoms with E-state index in [-0.39, 0.29) is 34.4 Å². The second kappa shape index (κ2) is 19.3. The molecule has 0 aliphatic carbocycles. The monoisotopic (exact) mass is 844 g/mol. The molecule has 0 unspecified atom stereocenters. The van der Waals surface area contributed by atoms with Gasteiger partial charge in [-0.05, 0) is 93.2 Å². The van der Waals surface area contributed by atoms with Crippen molar-refractivity contribution in [3.05, 3.63) is 87.7 Å². The van der Waals surface area contributed by atoms with Crippen LogP contribution in [-0.4, -0.2) is 77.5 Å². The fraction of sp³-hybridized carbons (Fsp3) is 0.436. The van der Waals surface area contributed by atoms with Gasteiger partial charge in [0.2, 0.25) is 17.7 Å². The van der Waals surface area contributed by atoms with E-state index in [4.69, 9.17) is 5.73 Å². The van der Waals surface area contributed by atoms with Gasteiger partial charge in [0, 0.05) is 66.3 Å². The molecule has 2 aromatic carbocycles. The maximum Gasteiger partial charge on any atom is 0.417 e. The molecule has 55 heavy (non-hydrogen) atoms. The molecule has 0 saturated heterocycles. The van der Waals surface area contributed by atoms with Gasteiger partial charge in [-0.2, -0.15) is 13.2 Å². The highest BCUT2D eigenvalue weighted by Gasteiger charge is 2.37. The van der Waals surface area contributed by atoms with Crippen LogP contribution >= 0.6 is 27.7 Å². The number of para-hydroxylation sites is 1. The summed E-state index contributed by atoms with van der Waals surface area (Å²) in [7, 11) is 5.27. The maximum atomic E-state index is 14.7. The van der Waals surface area contributed by atoms with E-state index < -0.39 is 47.6 Å². The Morgan fingerprint density at radius 1 is 0.982 bits per heavy atom. The lowest BCUT2D eigenvalue weighted by Crippen LogP contribution is -2.57. The maximum absolute atomic E-state index is 14.7. The number of nitrogens with zero attached hydrogens (tertiary/aromatic N) is 3. The Labute approximate surface area is 331 Å². The van der Waals surface area contributed by atoms with Gasteiger partial charge in [0.15, 0.2) is 0 Å². The van der Waals surface area contributed by atoms with E-state index >= 15 is 0 Å². The van der Waals surface area contributed by atoms with Crippen molar-refractivity contribution >= 4 is 56.3 Å². The van der Waals surface area contributed by atoms with Crippen molar-refractivity contribution in [3.63, 3.8) is 0 Å². The first-order valence-electron chi connectivity index (χ1n) is 18.3. The average molecular weight is 846 g/mol. The van der Waals surface area contributed by atoms with Gasteiger partial charge in [0.1, 0.15) is 17.1 Å². The van der Waals surface area contributed by atoms with Crippen LogP contribution in [0.5, 0.6) is 0 Å². The van der Waals surface area contributed by atoms with Crippen molar-refractivity contribution in [2.45, 2.75) is 85.8 Å². The lowest BCUT2D eigenvalue weighted by molar-refractivity contribution is -0.142. The molecule has 1 aliphatic heterocycles. The van der Waals surface area contributed by atoms with Gasteiger partial charge in [0.25, 0.3) is 0 Å². The summed E-state index contributed by atoms with van der Waals surface area (Å²) in [6.45, 7) is 0.892. The summed E-state index contributed by atoms with van der Waals surface area (Å²) < 4.78 is 46.2. The van der Waals surface area contributed by atoms with Gasteiger partial charge in [-0.3, -0.25) is 14.4 Å². The summed E-state index contributed by atoms with van der Waals surface area (Å²) in [6.07, 6.45) is 1.35. The van der Waals surface area contributed by atoms with Crippen LogP contribution in [0.25, 0.3) is 10.9 Å². The minimum Gasteiger partial charge on any atom is -0.350 e. The Balaban J connectivity index is 1.63. The smallest absolute Gasteiger partial charge is 0.350 e. The number of nitrogens with two attached hydrogens (primary N) is 1. The number of pyridine rings is 1. The molecule has 0 spiro atoms. The highest BCUT2D eigenvalue weighted by molar-refractivity contribution is 9.10. The molecule has 16 heteroatoms. The molecule has 6 N–H and O–H groups in total. The van der Waals surface area contributed by atoms with E-state index in [1.165, 1.54) is 18.1 Å². The van der Waals surface area contributed by atoms with Crippen molar-refractivity contribution < 1.29 is 27.6 Å². The van der Waals surface area contributed by atoms with Gasteiger partial charge in [-0.25, -0.2) is 4.98 Å². The molecule has 2 aromatic heterocycles. The first-order chi connectivity index (χ1) is 26.3. The number of halogens is 4. The summed E-state index contributed by atoms with van der Waals surface area (Å²) >= 11 is 4.10. The predicted molar refractivity (Wildman–Crippen MR) is 211 cm³/mol. The third-order valence-electron chi connectivity index (χ3n) is 9.78. The van der Waals surface area contributed by atoms with Crippen LogP contribution in [0.4, 0.5) is 13.2 Å². The number of alkyl halides is 3. The van der Waals surface area contributed by atoms with Gasteiger partial charge < -0.3 is 36.5 Å². The number of unbranched alkanes of at least 4 members (excludes halogenated alkanes) is 1. The van der Waals surface area contributed by atoms with E-state index in [9.17, 15) is 27.6 Å². The normalized spacial score (nSPS) is 19.1. The molecule has 0 bridgehead atoms. The van der Waals surface area contributed by atoms with Crippen LogP contribution in [0.1, 0.15) is 54.4 Å². The number of fused-ring (bicyclic) bond motifs is 3. The number of carbonyl (C=O) groups excluding carboxylic acids is 3. The summed E-state index contributed by atoms with van der Waals surface area (Å²) in [5.74, 6) is -1.42. The highest BCUT2D eigenvalue weighted by Crippen LogP contribution is 2.43. The highest BCUT2D eigenvalue weighted by atomic mass is 79.9. The zero-order valence-corrected chi connectivity index (χ0v) is 33.5. The zero-order valence-electron chi connectivity index (χ0n) is 31.1. The number of amides is 3. The molecule has 4 aromatic rings. The molecule has 5 rings (SSSR count). The molecule has 3 atom stereocenters. The molecule has 11 nitrogen and oxygen atoms in total. The van der Waals surface area contributed by atoms with E-state index in [1.807, 2.05) is 49.1 Å². The Bertz CT molecular complexity index is 1980. The SMILES string of the molecule is CNCCCC[C@@H]1NC(=O)[C@H](CCCN)NCc2cccnc2Sc2c(cc(Br)cc2C(F)(F)F)CNC(=O)[C@H](Cc2cn(C)c3ccccc23)N(C)C1=O. The summed E-state index contributed by atoms with van der Waals surface area (Å²) in [6, 6.07) is 10.9. The number of aryl methyl sites for hydroxylation is 1. The number of carbonyl (C=O) groups is 3. The number of hydrogen-bond acceptors (Lipinski definition) is 8. The first-order valence-corrected chi connectivity index (χ1v) is 19.9. The minimum absolute atomic E-state index is 0.108. The van der Waals surface area contributed by atoms with E-state index in [0.29, 0.717) is 42.8 Å². The molecular formula is C39H48BrF3N8O3S. The van der Waals surface area contributed by atoms with Gasteiger partial charge in [-0.1, -0.05) is 52.0 Å². The van der Waals surface area contributed by atoms with Crippen molar-refractivity contribution in [2.75, 3.05) is 27.2 Å². The largest absolute Gasteiger partial charge is 0.417 e. The number of benzene rings is 2. The van der Waals surface area contributed by atoms with Gasteiger partial charge in [0.05, 0.1) is 11.6 Å². The van der Waals surface area contributed by atoms with Gasteiger partial charge >= 0.3 is 6.18 Å². The Morgan fingerprint density at radius 3 is 2.49 bits per heavy atom.